The lowest BCUT2D eigenvalue weighted by molar-refractivity contribution is 0.559. The Hall–Kier alpha value is -0.900. The van der Waals surface area contributed by atoms with E-state index in [0.29, 0.717) is 10.6 Å². The second-order valence-corrected chi connectivity index (χ2v) is 6.42. The first-order valence-corrected chi connectivity index (χ1v) is 7.47. The van der Waals surface area contributed by atoms with Gasteiger partial charge >= 0.3 is 0 Å². The van der Waals surface area contributed by atoms with E-state index in [1.165, 1.54) is 15.8 Å². The number of rotatable bonds is 4. The molecule has 2 rings (SSSR count). The van der Waals surface area contributed by atoms with Gasteiger partial charge in [0.05, 0.1) is 6.04 Å². The molecule has 0 fully saturated rings. The molecular formula is C15H17ClFNS. The standard InChI is InChI=1S/C15H17ClFNS/c1-4-18-15(13-7-9(2)19-10(13)3)12-6-5-11(16)8-14(12)17/h5-8,15,18H,4H2,1-3H3. The highest BCUT2D eigenvalue weighted by molar-refractivity contribution is 7.12. The minimum Gasteiger partial charge on any atom is -0.306 e. The van der Waals surface area contributed by atoms with Crippen molar-refractivity contribution in [2.24, 2.45) is 0 Å². The Labute approximate surface area is 122 Å². The normalized spacial score (nSPS) is 12.7. The highest BCUT2D eigenvalue weighted by atomic mass is 35.5. The van der Waals surface area contributed by atoms with Crippen LogP contribution >= 0.6 is 22.9 Å². The van der Waals surface area contributed by atoms with Crippen LogP contribution in [0.5, 0.6) is 0 Å². The van der Waals surface area contributed by atoms with Crippen molar-refractivity contribution in [2.75, 3.05) is 6.54 Å². The van der Waals surface area contributed by atoms with E-state index in [1.807, 2.05) is 6.92 Å². The largest absolute Gasteiger partial charge is 0.306 e. The van der Waals surface area contributed by atoms with Crippen molar-refractivity contribution in [2.45, 2.75) is 26.8 Å². The predicted molar refractivity (Wildman–Crippen MR) is 80.7 cm³/mol. The third-order valence-corrected chi connectivity index (χ3v) is 4.29. The monoisotopic (exact) mass is 297 g/mol. The van der Waals surface area contributed by atoms with Crippen LogP contribution in [0.15, 0.2) is 24.3 Å². The number of hydrogen-bond acceptors (Lipinski definition) is 2. The molecule has 1 nitrogen and oxygen atoms in total. The summed E-state index contributed by atoms with van der Waals surface area (Å²) in [6.07, 6.45) is 0. The van der Waals surface area contributed by atoms with Crippen LogP contribution in [0.3, 0.4) is 0 Å². The summed E-state index contributed by atoms with van der Waals surface area (Å²) in [4.78, 5) is 2.46. The molecule has 4 heteroatoms. The zero-order valence-electron chi connectivity index (χ0n) is 11.3. The average Bonchev–Trinajstić information content (AvgIpc) is 2.66. The number of nitrogens with one attached hydrogen (secondary N) is 1. The molecule has 1 heterocycles. The Morgan fingerprint density at radius 1 is 1.26 bits per heavy atom. The van der Waals surface area contributed by atoms with Crippen molar-refractivity contribution in [3.63, 3.8) is 0 Å². The van der Waals surface area contributed by atoms with Crippen LogP contribution < -0.4 is 5.32 Å². The minimum atomic E-state index is -0.262. The maximum atomic E-state index is 14.1. The third-order valence-electron chi connectivity index (χ3n) is 3.07. The molecule has 0 spiro atoms. The van der Waals surface area contributed by atoms with Crippen LogP contribution in [0.4, 0.5) is 4.39 Å². The van der Waals surface area contributed by atoms with E-state index in [1.54, 1.807) is 23.5 Å². The molecule has 0 radical (unpaired) electrons. The number of thiophene rings is 1. The molecule has 1 aromatic heterocycles. The van der Waals surface area contributed by atoms with Crippen LogP contribution in [-0.4, -0.2) is 6.54 Å². The van der Waals surface area contributed by atoms with Gasteiger partial charge < -0.3 is 5.32 Å². The Kier molecular flexibility index (Phi) is 4.61. The summed E-state index contributed by atoms with van der Waals surface area (Å²) in [5.41, 5.74) is 1.79. The molecule has 0 saturated heterocycles. The van der Waals surface area contributed by atoms with Crippen LogP contribution in [0, 0.1) is 19.7 Å². The minimum absolute atomic E-state index is 0.118. The molecule has 1 aromatic carbocycles. The fourth-order valence-corrected chi connectivity index (χ4v) is 3.39. The smallest absolute Gasteiger partial charge is 0.129 e. The van der Waals surface area contributed by atoms with Crippen molar-refractivity contribution in [3.8, 4) is 0 Å². The van der Waals surface area contributed by atoms with Crippen molar-refractivity contribution in [3.05, 3.63) is 56.0 Å². The topological polar surface area (TPSA) is 12.0 Å². The van der Waals surface area contributed by atoms with Gasteiger partial charge in [-0.3, -0.25) is 0 Å². The maximum absolute atomic E-state index is 14.1. The fourth-order valence-electron chi connectivity index (χ4n) is 2.26. The van der Waals surface area contributed by atoms with E-state index in [2.05, 4.69) is 25.2 Å². The van der Waals surface area contributed by atoms with Gasteiger partial charge in [-0.05, 0) is 44.2 Å². The molecule has 1 N–H and O–H groups in total. The first-order chi connectivity index (χ1) is 9.02. The molecule has 0 saturated carbocycles. The molecule has 102 valence electrons. The first kappa shape index (κ1) is 14.5. The van der Waals surface area contributed by atoms with E-state index in [0.717, 1.165) is 12.1 Å². The summed E-state index contributed by atoms with van der Waals surface area (Å²) in [7, 11) is 0. The Bertz CT molecular complexity index is 580. The summed E-state index contributed by atoms with van der Waals surface area (Å²) in [5.74, 6) is -0.262. The van der Waals surface area contributed by atoms with Gasteiger partial charge in [-0.25, -0.2) is 4.39 Å². The lowest BCUT2D eigenvalue weighted by atomic mass is 9.98. The number of hydrogen-bond donors (Lipinski definition) is 1. The number of aryl methyl sites for hydroxylation is 2. The average molecular weight is 298 g/mol. The zero-order chi connectivity index (χ0) is 14.0. The molecule has 0 bridgehead atoms. The lowest BCUT2D eigenvalue weighted by Gasteiger charge is -2.19. The predicted octanol–water partition coefficient (Wildman–Crippen LogP) is 4.86. The molecule has 0 aliphatic carbocycles. The molecule has 0 aliphatic rings. The van der Waals surface area contributed by atoms with Gasteiger partial charge in [0.1, 0.15) is 5.82 Å². The van der Waals surface area contributed by atoms with Crippen molar-refractivity contribution in [1.29, 1.82) is 0 Å². The summed E-state index contributed by atoms with van der Waals surface area (Å²) < 4.78 is 14.1. The van der Waals surface area contributed by atoms with Gasteiger partial charge in [0.25, 0.3) is 0 Å². The Balaban J connectivity index is 2.48. The molecule has 2 aromatic rings. The van der Waals surface area contributed by atoms with E-state index in [-0.39, 0.29) is 11.9 Å². The Morgan fingerprint density at radius 2 is 2.00 bits per heavy atom. The quantitative estimate of drug-likeness (QED) is 0.850. The van der Waals surface area contributed by atoms with E-state index >= 15 is 0 Å². The SMILES string of the molecule is CCNC(c1ccc(Cl)cc1F)c1cc(C)sc1C. The van der Waals surface area contributed by atoms with Gasteiger partial charge in [-0.15, -0.1) is 11.3 Å². The van der Waals surface area contributed by atoms with Crippen molar-refractivity contribution in [1.82, 2.24) is 5.32 Å². The highest BCUT2D eigenvalue weighted by Crippen LogP contribution is 2.32. The molecular weight excluding hydrogens is 281 g/mol. The van der Waals surface area contributed by atoms with Crippen LogP contribution in [0.2, 0.25) is 5.02 Å². The number of benzene rings is 1. The Morgan fingerprint density at radius 3 is 2.53 bits per heavy atom. The molecule has 0 aliphatic heterocycles. The maximum Gasteiger partial charge on any atom is 0.129 e. The zero-order valence-corrected chi connectivity index (χ0v) is 12.8. The van der Waals surface area contributed by atoms with Crippen molar-refractivity contribution < 1.29 is 4.39 Å². The van der Waals surface area contributed by atoms with Gasteiger partial charge in [0.15, 0.2) is 0 Å². The van der Waals surface area contributed by atoms with Gasteiger partial charge in [0.2, 0.25) is 0 Å². The molecule has 1 atom stereocenters. The van der Waals surface area contributed by atoms with Crippen molar-refractivity contribution >= 4 is 22.9 Å². The van der Waals surface area contributed by atoms with Crippen LogP contribution in [-0.2, 0) is 0 Å². The van der Waals surface area contributed by atoms with Gasteiger partial charge in [-0.1, -0.05) is 24.6 Å². The molecule has 0 amide bonds. The third kappa shape index (κ3) is 3.16. The lowest BCUT2D eigenvalue weighted by Crippen LogP contribution is -2.23. The summed E-state index contributed by atoms with van der Waals surface area (Å²) in [6, 6.07) is 6.88. The van der Waals surface area contributed by atoms with E-state index < -0.39 is 0 Å². The van der Waals surface area contributed by atoms with E-state index in [4.69, 9.17) is 11.6 Å². The van der Waals surface area contributed by atoms with Gasteiger partial charge in [0, 0.05) is 20.3 Å². The first-order valence-electron chi connectivity index (χ1n) is 6.28. The fraction of sp³-hybridized carbons (Fsp3) is 0.333. The molecule has 19 heavy (non-hydrogen) atoms. The van der Waals surface area contributed by atoms with E-state index in [9.17, 15) is 4.39 Å². The second kappa shape index (κ2) is 6.04. The summed E-state index contributed by atoms with van der Waals surface area (Å²) in [6.45, 7) is 6.95. The van der Waals surface area contributed by atoms with Crippen LogP contribution in [0.1, 0.15) is 33.8 Å². The second-order valence-electron chi connectivity index (χ2n) is 4.53. The number of halogens is 2. The van der Waals surface area contributed by atoms with Crippen LogP contribution in [0.25, 0.3) is 0 Å². The summed E-state index contributed by atoms with van der Waals surface area (Å²) >= 11 is 7.56. The molecule has 1 unspecified atom stereocenters. The summed E-state index contributed by atoms with van der Waals surface area (Å²) in [5, 5.41) is 3.78. The van der Waals surface area contributed by atoms with Gasteiger partial charge in [-0.2, -0.15) is 0 Å². The highest BCUT2D eigenvalue weighted by Gasteiger charge is 2.20.